The predicted molar refractivity (Wildman–Crippen MR) is 84.9 cm³/mol. The van der Waals surface area contributed by atoms with Crippen LogP contribution in [-0.2, 0) is 6.42 Å². The van der Waals surface area contributed by atoms with Gasteiger partial charge in [0.15, 0.2) is 0 Å². The topological polar surface area (TPSA) is 64.3 Å². The lowest BCUT2D eigenvalue weighted by Gasteiger charge is -2.10. The van der Waals surface area contributed by atoms with Crippen molar-refractivity contribution >= 4 is 23.2 Å². The molecular weight excluding hydrogens is 288 g/mol. The molecule has 0 fully saturated rings. The zero-order valence-electron chi connectivity index (χ0n) is 11.7. The molecule has 0 spiro atoms. The normalized spacial score (nSPS) is 10.2. The van der Waals surface area contributed by atoms with Gasteiger partial charge >= 0.3 is 0 Å². The SMILES string of the molecule is COc1ccc(N)cc1C(=O)NCCc1ccc(Cl)cc1. The van der Waals surface area contributed by atoms with Crippen molar-refractivity contribution in [2.24, 2.45) is 0 Å². The number of nitrogens with one attached hydrogen (secondary N) is 1. The van der Waals surface area contributed by atoms with Crippen LogP contribution >= 0.6 is 11.6 Å². The molecule has 1 amide bonds. The molecule has 4 nitrogen and oxygen atoms in total. The number of ether oxygens (including phenoxy) is 1. The van der Waals surface area contributed by atoms with Gasteiger partial charge in [-0.3, -0.25) is 4.79 Å². The van der Waals surface area contributed by atoms with E-state index in [1.54, 1.807) is 18.2 Å². The Kier molecular flexibility index (Phi) is 5.06. The van der Waals surface area contributed by atoms with Crippen molar-refractivity contribution in [3.63, 3.8) is 0 Å². The molecule has 0 atom stereocenters. The first-order valence-corrected chi connectivity index (χ1v) is 6.94. The molecular formula is C16H17ClN2O2. The van der Waals surface area contributed by atoms with Gasteiger partial charge in [-0.25, -0.2) is 0 Å². The van der Waals surface area contributed by atoms with Crippen LogP contribution in [0, 0.1) is 0 Å². The minimum absolute atomic E-state index is 0.201. The first-order chi connectivity index (χ1) is 10.1. The van der Waals surface area contributed by atoms with Gasteiger partial charge in [0.1, 0.15) is 5.75 Å². The quantitative estimate of drug-likeness (QED) is 0.835. The van der Waals surface area contributed by atoms with Gasteiger partial charge in [-0.15, -0.1) is 0 Å². The zero-order chi connectivity index (χ0) is 15.2. The Labute approximate surface area is 128 Å². The van der Waals surface area contributed by atoms with Crippen LogP contribution in [0.2, 0.25) is 5.02 Å². The first-order valence-electron chi connectivity index (χ1n) is 6.56. The van der Waals surface area contributed by atoms with Crippen molar-refractivity contribution in [2.75, 3.05) is 19.4 Å². The van der Waals surface area contributed by atoms with Crippen LogP contribution in [-0.4, -0.2) is 19.6 Å². The van der Waals surface area contributed by atoms with Crippen molar-refractivity contribution in [3.8, 4) is 5.75 Å². The minimum atomic E-state index is -0.201. The third-order valence-corrected chi connectivity index (χ3v) is 3.33. The van der Waals surface area contributed by atoms with E-state index in [0.717, 1.165) is 12.0 Å². The van der Waals surface area contributed by atoms with Crippen LogP contribution in [0.25, 0.3) is 0 Å². The fraction of sp³-hybridized carbons (Fsp3) is 0.188. The third-order valence-electron chi connectivity index (χ3n) is 3.08. The summed E-state index contributed by atoms with van der Waals surface area (Å²) < 4.78 is 5.17. The lowest BCUT2D eigenvalue weighted by Crippen LogP contribution is -2.26. The Bertz CT molecular complexity index is 627. The molecule has 0 saturated heterocycles. The third kappa shape index (κ3) is 4.13. The molecule has 0 unspecified atom stereocenters. The zero-order valence-corrected chi connectivity index (χ0v) is 12.5. The molecule has 0 radical (unpaired) electrons. The molecule has 2 aromatic carbocycles. The smallest absolute Gasteiger partial charge is 0.255 e. The molecule has 0 aliphatic carbocycles. The number of carbonyl (C=O) groups is 1. The van der Waals surface area contributed by atoms with Crippen LogP contribution < -0.4 is 15.8 Å². The number of nitrogens with two attached hydrogens (primary N) is 1. The number of hydrogen-bond acceptors (Lipinski definition) is 3. The molecule has 0 aromatic heterocycles. The number of methoxy groups -OCH3 is 1. The summed E-state index contributed by atoms with van der Waals surface area (Å²) in [7, 11) is 1.52. The highest BCUT2D eigenvalue weighted by molar-refractivity contribution is 6.30. The van der Waals surface area contributed by atoms with Gasteiger partial charge in [-0.2, -0.15) is 0 Å². The van der Waals surface area contributed by atoms with E-state index in [1.165, 1.54) is 7.11 Å². The van der Waals surface area contributed by atoms with E-state index in [0.29, 0.717) is 28.6 Å². The Balaban J connectivity index is 1.95. The van der Waals surface area contributed by atoms with E-state index < -0.39 is 0 Å². The summed E-state index contributed by atoms with van der Waals surface area (Å²) in [5, 5.41) is 3.56. The molecule has 3 N–H and O–H groups in total. The molecule has 0 aliphatic rings. The van der Waals surface area contributed by atoms with Crippen LogP contribution in [0.5, 0.6) is 5.75 Å². The van der Waals surface area contributed by atoms with Gasteiger partial charge in [0.25, 0.3) is 5.91 Å². The van der Waals surface area contributed by atoms with Crippen molar-refractivity contribution in [3.05, 3.63) is 58.6 Å². The summed E-state index contributed by atoms with van der Waals surface area (Å²) in [5.41, 5.74) is 7.78. The van der Waals surface area contributed by atoms with Crippen LogP contribution in [0.1, 0.15) is 15.9 Å². The maximum Gasteiger partial charge on any atom is 0.255 e. The van der Waals surface area contributed by atoms with Crippen molar-refractivity contribution in [2.45, 2.75) is 6.42 Å². The summed E-state index contributed by atoms with van der Waals surface area (Å²) in [6.07, 6.45) is 0.730. The lowest BCUT2D eigenvalue weighted by atomic mass is 10.1. The maximum absolute atomic E-state index is 12.2. The first kappa shape index (κ1) is 15.2. The van der Waals surface area contributed by atoms with Gasteiger partial charge < -0.3 is 15.8 Å². The molecule has 0 aliphatic heterocycles. The second-order valence-electron chi connectivity index (χ2n) is 4.59. The van der Waals surface area contributed by atoms with E-state index in [4.69, 9.17) is 22.1 Å². The van der Waals surface area contributed by atoms with Crippen molar-refractivity contribution in [1.29, 1.82) is 0 Å². The summed E-state index contributed by atoms with van der Waals surface area (Å²) in [4.78, 5) is 12.2. The van der Waals surface area contributed by atoms with Crippen LogP contribution in [0.15, 0.2) is 42.5 Å². The van der Waals surface area contributed by atoms with E-state index in [-0.39, 0.29) is 5.91 Å². The molecule has 0 saturated carbocycles. The maximum atomic E-state index is 12.2. The molecule has 2 rings (SSSR count). The largest absolute Gasteiger partial charge is 0.496 e. The fourth-order valence-corrected chi connectivity index (χ4v) is 2.10. The number of nitrogen functional groups attached to an aromatic ring is 1. The number of anilines is 1. The number of rotatable bonds is 5. The highest BCUT2D eigenvalue weighted by atomic mass is 35.5. The van der Waals surface area contributed by atoms with E-state index >= 15 is 0 Å². The number of amides is 1. The molecule has 21 heavy (non-hydrogen) atoms. The van der Waals surface area contributed by atoms with Crippen molar-refractivity contribution < 1.29 is 9.53 Å². The highest BCUT2D eigenvalue weighted by Crippen LogP contribution is 2.20. The predicted octanol–water partition coefficient (Wildman–Crippen LogP) is 2.90. The lowest BCUT2D eigenvalue weighted by molar-refractivity contribution is 0.0951. The standard InChI is InChI=1S/C16H17ClN2O2/c1-21-15-7-6-13(18)10-14(15)16(20)19-9-8-11-2-4-12(17)5-3-11/h2-7,10H,8-9,18H2,1H3,(H,19,20). The Morgan fingerprint density at radius 3 is 2.62 bits per heavy atom. The van der Waals surface area contributed by atoms with Crippen LogP contribution in [0.3, 0.4) is 0 Å². The van der Waals surface area contributed by atoms with Gasteiger partial charge in [0.05, 0.1) is 12.7 Å². The summed E-state index contributed by atoms with van der Waals surface area (Å²) in [5.74, 6) is 0.307. The van der Waals surface area contributed by atoms with Gasteiger partial charge in [-0.1, -0.05) is 23.7 Å². The van der Waals surface area contributed by atoms with Gasteiger partial charge in [-0.05, 0) is 42.3 Å². The van der Waals surface area contributed by atoms with E-state index in [1.807, 2.05) is 24.3 Å². The molecule has 0 bridgehead atoms. The Morgan fingerprint density at radius 2 is 1.95 bits per heavy atom. The summed E-state index contributed by atoms with van der Waals surface area (Å²) in [6, 6.07) is 12.5. The van der Waals surface area contributed by atoms with Gasteiger partial charge in [0, 0.05) is 17.3 Å². The Hall–Kier alpha value is -2.20. The molecule has 110 valence electrons. The monoisotopic (exact) mass is 304 g/mol. The Morgan fingerprint density at radius 1 is 1.24 bits per heavy atom. The second kappa shape index (κ2) is 6.99. The highest BCUT2D eigenvalue weighted by Gasteiger charge is 2.12. The molecule has 5 heteroatoms. The van der Waals surface area contributed by atoms with Crippen molar-refractivity contribution in [1.82, 2.24) is 5.32 Å². The minimum Gasteiger partial charge on any atom is -0.496 e. The van der Waals surface area contributed by atoms with Gasteiger partial charge in [0.2, 0.25) is 0 Å². The van der Waals surface area contributed by atoms with E-state index in [2.05, 4.69) is 5.32 Å². The molecule has 2 aromatic rings. The fourth-order valence-electron chi connectivity index (χ4n) is 1.97. The second-order valence-corrected chi connectivity index (χ2v) is 5.03. The molecule has 0 heterocycles. The van der Waals surface area contributed by atoms with Crippen LogP contribution in [0.4, 0.5) is 5.69 Å². The number of halogens is 1. The van der Waals surface area contributed by atoms with E-state index in [9.17, 15) is 4.79 Å². The summed E-state index contributed by atoms with van der Waals surface area (Å²) in [6.45, 7) is 0.526. The average Bonchev–Trinajstić information content (AvgIpc) is 2.49. The number of benzene rings is 2. The number of hydrogen-bond donors (Lipinski definition) is 2. The average molecular weight is 305 g/mol. The number of carbonyl (C=O) groups excluding carboxylic acids is 1. The summed E-state index contributed by atoms with van der Waals surface area (Å²) >= 11 is 5.83.